The topological polar surface area (TPSA) is 40.1 Å². The zero-order chi connectivity index (χ0) is 62.5. The molecule has 0 radical (unpaired) electrons. The summed E-state index contributed by atoms with van der Waals surface area (Å²) >= 11 is 0. The van der Waals surface area contributed by atoms with Gasteiger partial charge in [0, 0.05) is 67.7 Å². The van der Waals surface area contributed by atoms with Crippen molar-refractivity contribution in [2.24, 2.45) is 0 Å². The lowest BCUT2D eigenvalue weighted by Crippen LogP contribution is -2.10. The number of fused-ring (bicyclic) bond motifs is 2. The monoisotopic (exact) mass is 1180 g/mol. The molecule has 0 amide bonds. The Morgan fingerprint density at radius 2 is 0.522 bits per heavy atom. The molecule has 0 aliphatic rings. The largest absolute Gasteiger partial charge is 0.314 e. The molecule has 0 saturated carbocycles. The molecule has 15 rings (SSSR count). The molecule has 440 valence electrons. The first-order chi connectivity index (χ1) is 45.2. The highest BCUT2D eigenvalue weighted by Crippen LogP contribution is 2.41. The lowest BCUT2D eigenvalue weighted by atomic mass is 10.0. The summed E-state index contributed by atoms with van der Waals surface area (Å²) in [5, 5.41) is 12.0. The molecule has 13 aromatic carbocycles. The lowest BCUT2D eigenvalue weighted by molar-refractivity contribution is 1.04. The number of nitriles is 1. The van der Waals surface area contributed by atoms with Gasteiger partial charge in [-0.25, -0.2) is 0 Å². The van der Waals surface area contributed by atoms with E-state index in [-0.39, 0.29) is 0 Å². The van der Waals surface area contributed by atoms with Gasteiger partial charge in [0.1, 0.15) is 0 Å². The fraction of sp³-hybridized carbons (Fsp3) is 0.0460. The smallest absolute Gasteiger partial charge is 0.0991 e. The number of nitrogens with zero attached hydrogens (tertiary/aromatic N) is 5. The Labute approximate surface area is 539 Å². The van der Waals surface area contributed by atoms with Crippen molar-refractivity contribution in [1.82, 2.24) is 9.13 Å². The molecule has 5 nitrogen and oxygen atoms in total. The van der Waals surface area contributed by atoms with Gasteiger partial charge in [0.25, 0.3) is 0 Å². The molecule has 0 N–H and O–H groups in total. The molecule has 0 spiro atoms. The van der Waals surface area contributed by atoms with Gasteiger partial charge in [0.15, 0.2) is 0 Å². The molecule has 5 heteroatoms. The molecule has 0 aliphatic heterocycles. The van der Waals surface area contributed by atoms with Crippen molar-refractivity contribution in [2.75, 3.05) is 9.80 Å². The van der Waals surface area contributed by atoms with Gasteiger partial charge in [0.2, 0.25) is 0 Å². The Kier molecular flexibility index (Phi) is 16.1. The summed E-state index contributed by atoms with van der Waals surface area (Å²) < 4.78 is 4.71. The number of rotatable bonds is 13. The van der Waals surface area contributed by atoms with Gasteiger partial charge in [-0.05, 0) is 216 Å². The highest BCUT2D eigenvalue weighted by Gasteiger charge is 2.19. The highest BCUT2D eigenvalue weighted by molar-refractivity contribution is 5.89. The Hall–Kier alpha value is -12.0. The van der Waals surface area contributed by atoms with Gasteiger partial charge in [0.05, 0.1) is 22.7 Å². The van der Waals surface area contributed by atoms with E-state index in [0.29, 0.717) is 5.56 Å². The van der Waals surface area contributed by atoms with Crippen LogP contribution in [0.4, 0.5) is 34.1 Å². The fourth-order valence-corrected chi connectivity index (χ4v) is 12.9. The number of aromatic nitrogens is 2. The van der Waals surface area contributed by atoms with Crippen LogP contribution in [-0.2, 0) is 0 Å². The number of benzene rings is 13. The minimum absolute atomic E-state index is 0.644. The number of hydrogen-bond acceptors (Lipinski definition) is 3. The van der Waals surface area contributed by atoms with E-state index < -0.39 is 0 Å². The molecule has 0 unspecified atom stereocenters. The van der Waals surface area contributed by atoms with E-state index in [4.69, 9.17) is 0 Å². The summed E-state index contributed by atoms with van der Waals surface area (Å²) in [5.41, 5.74) is 29.0. The SMILES string of the molecule is Cc1c(C)n(-c2ccc(-c3ccc(N(c4ccc(C#N)cc4)c4ccc(-c5ccccc5)cc4)cc3)cc2)c2ccccc12.Cc1c(C)n(-c2ccc(-c3ccc(N(c4cccc(-c5ccccc5)c4)c4cccc(-c5ccccc5)c4)cc3)cc2)c2ccccc12. The fourth-order valence-electron chi connectivity index (χ4n) is 12.9. The third kappa shape index (κ3) is 11.6. The number of anilines is 6. The van der Waals surface area contributed by atoms with E-state index in [2.05, 4.69) is 356 Å². The Bertz CT molecular complexity index is 5000. The average molecular weight is 1180 g/mol. The Morgan fingerprint density at radius 1 is 0.250 bits per heavy atom. The van der Waals surface area contributed by atoms with Gasteiger partial charge < -0.3 is 18.9 Å². The highest BCUT2D eigenvalue weighted by atomic mass is 15.1. The molecule has 2 aromatic heterocycles. The van der Waals surface area contributed by atoms with E-state index >= 15 is 0 Å². The van der Waals surface area contributed by atoms with Crippen molar-refractivity contribution in [2.45, 2.75) is 27.7 Å². The maximum atomic E-state index is 9.36. The zero-order valence-corrected chi connectivity index (χ0v) is 52.0. The Morgan fingerprint density at radius 3 is 0.870 bits per heavy atom. The second-order valence-corrected chi connectivity index (χ2v) is 23.4. The second kappa shape index (κ2) is 25.6. The van der Waals surface area contributed by atoms with Crippen LogP contribution in [0.5, 0.6) is 0 Å². The first-order valence-electron chi connectivity index (χ1n) is 31.4. The standard InChI is InChI=1S/C46H36N2.C41H31N3/c1-33-34(2)47(46-22-10-9-21-45(33)46)41-27-23-37(24-28-41)38-25-29-42(30-26-38)48(43-19-11-17-39(31-43)35-13-5-3-6-14-35)44-20-12-18-40(32-44)36-15-7-4-8-16-36;1-29-30(2)43(41-11-7-6-10-40(29)41)36-22-14-34(15-23-36)35-18-26-39(27-19-35)44(37-20-12-31(28-42)13-21-37)38-24-16-33(17-25-38)32-8-4-3-5-9-32/h3-32H,1-2H3;3-27H,1-2H3. The van der Waals surface area contributed by atoms with E-state index in [0.717, 1.165) is 45.4 Å². The van der Waals surface area contributed by atoms with Crippen LogP contribution in [0.25, 0.3) is 88.8 Å². The van der Waals surface area contributed by atoms with Crippen LogP contribution in [0, 0.1) is 39.0 Å². The maximum Gasteiger partial charge on any atom is 0.0991 e. The number of para-hydroxylation sites is 2. The molecule has 15 aromatic rings. The zero-order valence-electron chi connectivity index (χ0n) is 52.0. The van der Waals surface area contributed by atoms with Crippen molar-refractivity contribution in [3.8, 4) is 73.1 Å². The quantitative estimate of drug-likeness (QED) is 0.115. The summed E-state index contributed by atoms with van der Waals surface area (Å²) in [6, 6.07) is 120. The predicted molar refractivity (Wildman–Crippen MR) is 387 cm³/mol. The summed E-state index contributed by atoms with van der Waals surface area (Å²) in [6.07, 6.45) is 0. The van der Waals surface area contributed by atoms with Gasteiger partial charge in [-0.15, -0.1) is 0 Å². The van der Waals surface area contributed by atoms with Crippen LogP contribution < -0.4 is 9.80 Å². The lowest BCUT2D eigenvalue weighted by Gasteiger charge is -2.27. The predicted octanol–water partition coefficient (Wildman–Crippen LogP) is 23.6. The average Bonchev–Trinajstić information content (AvgIpc) is 1.62. The van der Waals surface area contributed by atoms with Gasteiger partial charge in [-0.1, -0.05) is 212 Å². The molecule has 2 heterocycles. The van der Waals surface area contributed by atoms with Crippen LogP contribution in [0.3, 0.4) is 0 Å². The first kappa shape index (κ1) is 57.8. The molecule has 0 bridgehead atoms. The summed E-state index contributed by atoms with van der Waals surface area (Å²) in [4.78, 5) is 4.58. The third-order valence-corrected chi connectivity index (χ3v) is 17.9. The number of hydrogen-bond donors (Lipinski definition) is 0. The number of aryl methyl sites for hydroxylation is 2. The minimum atomic E-state index is 0.644. The van der Waals surface area contributed by atoms with E-state index in [9.17, 15) is 5.26 Å². The third-order valence-electron chi connectivity index (χ3n) is 17.9. The van der Waals surface area contributed by atoms with Crippen molar-refractivity contribution in [1.29, 1.82) is 5.26 Å². The first-order valence-corrected chi connectivity index (χ1v) is 31.4. The van der Waals surface area contributed by atoms with Crippen molar-refractivity contribution >= 4 is 55.9 Å². The van der Waals surface area contributed by atoms with Gasteiger partial charge in [-0.3, -0.25) is 0 Å². The maximum absolute atomic E-state index is 9.36. The van der Waals surface area contributed by atoms with E-state index in [1.54, 1.807) is 0 Å². The summed E-state index contributed by atoms with van der Waals surface area (Å²) in [6.45, 7) is 8.81. The van der Waals surface area contributed by atoms with Gasteiger partial charge >= 0.3 is 0 Å². The molecule has 0 atom stereocenters. The second-order valence-electron chi connectivity index (χ2n) is 23.4. The van der Waals surface area contributed by atoms with Crippen molar-refractivity contribution < 1.29 is 0 Å². The molecule has 92 heavy (non-hydrogen) atoms. The van der Waals surface area contributed by atoms with Crippen molar-refractivity contribution in [3.63, 3.8) is 0 Å². The summed E-state index contributed by atoms with van der Waals surface area (Å²) in [5.74, 6) is 0. The van der Waals surface area contributed by atoms with E-state index in [1.807, 2.05) is 30.3 Å². The molecule has 0 fully saturated rings. The van der Waals surface area contributed by atoms with E-state index in [1.165, 1.54) is 100 Å². The van der Waals surface area contributed by atoms with Crippen LogP contribution in [0.15, 0.2) is 334 Å². The molecular weight excluding hydrogens is 1110 g/mol. The van der Waals surface area contributed by atoms with Crippen molar-refractivity contribution in [3.05, 3.63) is 362 Å². The van der Waals surface area contributed by atoms with Crippen LogP contribution in [0.1, 0.15) is 28.1 Å². The van der Waals surface area contributed by atoms with Gasteiger partial charge in [-0.2, -0.15) is 5.26 Å². The molecule has 0 aliphatic carbocycles. The minimum Gasteiger partial charge on any atom is -0.314 e. The summed E-state index contributed by atoms with van der Waals surface area (Å²) in [7, 11) is 0. The van der Waals surface area contributed by atoms with Crippen LogP contribution in [0.2, 0.25) is 0 Å². The molecule has 0 saturated heterocycles. The normalized spacial score (nSPS) is 11.0. The van der Waals surface area contributed by atoms with Crippen LogP contribution >= 0.6 is 0 Å². The molecular formula is C87H67N5. The Balaban J connectivity index is 0.000000160. The van der Waals surface area contributed by atoms with Crippen LogP contribution in [-0.4, -0.2) is 9.13 Å².